The van der Waals surface area contributed by atoms with Crippen LogP contribution in [0.3, 0.4) is 0 Å². The van der Waals surface area contributed by atoms with E-state index >= 15 is 0 Å². The number of benzene rings is 2. The van der Waals surface area contributed by atoms with Gasteiger partial charge in [-0.25, -0.2) is 0 Å². The van der Waals surface area contributed by atoms with Crippen molar-refractivity contribution in [2.45, 2.75) is 13.8 Å². The van der Waals surface area contributed by atoms with Crippen LogP contribution in [0.15, 0.2) is 39.3 Å². The average Bonchev–Trinajstić information content (AvgIpc) is 2.36. The first-order valence-electron chi connectivity index (χ1n) is 5.67. The van der Waals surface area contributed by atoms with Crippen molar-refractivity contribution < 1.29 is 4.79 Å². The molecule has 1 nitrogen and oxygen atoms in total. The summed E-state index contributed by atoms with van der Waals surface area (Å²) < 4.78 is 1.68. The number of hydrogen-bond acceptors (Lipinski definition) is 1. The summed E-state index contributed by atoms with van der Waals surface area (Å²) in [6, 6.07) is 9.21. The van der Waals surface area contributed by atoms with Crippen LogP contribution in [0.1, 0.15) is 27.0 Å². The van der Waals surface area contributed by atoms with Gasteiger partial charge in [-0.2, -0.15) is 0 Å². The van der Waals surface area contributed by atoms with E-state index in [1.165, 1.54) is 0 Å². The fourth-order valence-corrected chi connectivity index (χ4v) is 2.98. The molecule has 0 unspecified atom stereocenters. The van der Waals surface area contributed by atoms with Crippen molar-refractivity contribution in [2.75, 3.05) is 0 Å². The molecule has 98 valence electrons. The van der Waals surface area contributed by atoms with Crippen molar-refractivity contribution in [2.24, 2.45) is 0 Å². The zero-order valence-corrected chi connectivity index (χ0v) is 14.4. The van der Waals surface area contributed by atoms with Crippen molar-refractivity contribution in [1.29, 1.82) is 0 Å². The van der Waals surface area contributed by atoms with Gasteiger partial charge in [0.2, 0.25) is 0 Å². The maximum atomic E-state index is 12.6. The van der Waals surface area contributed by atoms with Crippen LogP contribution in [0.5, 0.6) is 0 Å². The molecular weight excluding hydrogens is 391 g/mol. The van der Waals surface area contributed by atoms with Crippen LogP contribution < -0.4 is 0 Å². The van der Waals surface area contributed by atoms with E-state index in [0.717, 1.165) is 20.1 Å². The third-order valence-electron chi connectivity index (χ3n) is 2.93. The predicted molar refractivity (Wildman–Crippen MR) is 86.2 cm³/mol. The molecule has 0 spiro atoms. The molecule has 0 bridgehead atoms. The first-order valence-corrected chi connectivity index (χ1v) is 7.63. The normalized spacial score (nSPS) is 10.6. The quantitative estimate of drug-likeness (QED) is 0.588. The lowest BCUT2D eigenvalue weighted by Gasteiger charge is -2.09. The van der Waals surface area contributed by atoms with Crippen molar-refractivity contribution in [3.05, 3.63) is 66.6 Å². The SMILES string of the molecule is Cc1cc(Br)c(C(=O)c2cccc(C)c2Cl)cc1Br. The highest BCUT2D eigenvalue weighted by atomic mass is 79.9. The monoisotopic (exact) mass is 400 g/mol. The minimum Gasteiger partial charge on any atom is -0.289 e. The third-order valence-corrected chi connectivity index (χ3v) is 4.94. The van der Waals surface area contributed by atoms with Crippen molar-refractivity contribution in [1.82, 2.24) is 0 Å². The molecule has 0 atom stereocenters. The summed E-state index contributed by atoms with van der Waals surface area (Å²) >= 11 is 13.1. The molecule has 0 aliphatic rings. The number of carbonyl (C=O) groups is 1. The fourth-order valence-electron chi connectivity index (χ4n) is 1.79. The predicted octanol–water partition coefficient (Wildman–Crippen LogP) is 5.71. The van der Waals surface area contributed by atoms with Gasteiger partial charge in [0.25, 0.3) is 0 Å². The zero-order chi connectivity index (χ0) is 14.2. The van der Waals surface area contributed by atoms with Gasteiger partial charge < -0.3 is 0 Å². The Morgan fingerprint density at radius 2 is 1.68 bits per heavy atom. The second kappa shape index (κ2) is 5.78. The van der Waals surface area contributed by atoms with E-state index in [-0.39, 0.29) is 5.78 Å². The standard InChI is InChI=1S/C15H11Br2ClO/c1-8-4-3-5-10(14(8)18)15(19)11-7-12(16)9(2)6-13(11)17/h3-7H,1-2H3. The molecule has 0 aliphatic carbocycles. The van der Waals surface area contributed by atoms with E-state index < -0.39 is 0 Å². The molecule has 0 radical (unpaired) electrons. The summed E-state index contributed by atoms with van der Waals surface area (Å²) in [5, 5.41) is 0.510. The van der Waals surface area contributed by atoms with Gasteiger partial charge in [0.15, 0.2) is 5.78 Å². The van der Waals surface area contributed by atoms with Gasteiger partial charge >= 0.3 is 0 Å². The molecule has 2 aromatic carbocycles. The Hall–Kier alpha value is -0.640. The van der Waals surface area contributed by atoms with Crippen LogP contribution in [0.2, 0.25) is 5.02 Å². The van der Waals surface area contributed by atoms with Gasteiger partial charge in [-0.05, 0) is 43.2 Å². The Bertz CT molecular complexity index is 665. The van der Waals surface area contributed by atoms with Crippen molar-refractivity contribution in [3.63, 3.8) is 0 Å². The second-order valence-corrected chi connectivity index (χ2v) is 6.43. The molecule has 0 aliphatic heterocycles. The Morgan fingerprint density at radius 1 is 1.00 bits per heavy atom. The number of aryl methyl sites for hydroxylation is 2. The number of carbonyl (C=O) groups excluding carboxylic acids is 1. The molecule has 0 amide bonds. The average molecular weight is 403 g/mol. The largest absolute Gasteiger partial charge is 0.289 e. The topological polar surface area (TPSA) is 17.1 Å². The van der Waals surface area contributed by atoms with E-state index in [2.05, 4.69) is 31.9 Å². The van der Waals surface area contributed by atoms with Crippen molar-refractivity contribution in [3.8, 4) is 0 Å². The van der Waals surface area contributed by atoms with Crippen LogP contribution >= 0.6 is 43.5 Å². The number of hydrogen-bond donors (Lipinski definition) is 0. The lowest BCUT2D eigenvalue weighted by molar-refractivity contribution is 0.103. The van der Waals surface area contributed by atoms with Gasteiger partial charge in [0.1, 0.15) is 0 Å². The number of ketones is 1. The maximum absolute atomic E-state index is 12.6. The molecule has 19 heavy (non-hydrogen) atoms. The molecule has 0 N–H and O–H groups in total. The zero-order valence-electron chi connectivity index (χ0n) is 10.4. The smallest absolute Gasteiger partial charge is 0.195 e. The van der Waals surface area contributed by atoms with Crippen LogP contribution in [0.4, 0.5) is 0 Å². The summed E-state index contributed by atoms with van der Waals surface area (Å²) in [7, 11) is 0. The highest BCUT2D eigenvalue weighted by molar-refractivity contribution is 9.11. The minimum atomic E-state index is -0.0822. The molecule has 2 rings (SSSR count). The molecule has 2 aromatic rings. The molecule has 0 aromatic heterocycles. The summed E-state index contributed by atoms with van der Waals surface area (Å²) in [5.74, 6) is -0.0822. The molecule has 4 heteroatoms. The highest BCUT2D eigenvalue weighted by Gasteiger charge is 2.17. The fraction of sp³-hybridized carbons (Fsp3) is 0.133. The van der Waals surface area contributed by atoms with E-state index in [0.29, 0.717) is 16.1 Å². The van der Waals surface area contributed by atoms with Crippen molar-refractivity contribution >= 4 is 49.2 Å². The van der Waals surface area contributed by atoms with Gasteiger partial charge in [0, 0.05) is 20.1 Å². The van der Waals surface area contributed by atoms with Gasteiger partial charge in [-0.1, -0.05) is 55.6 Å². The summed E-state index contributed by atoms with van der Waals surface area (Å²) in [6.07, 6.45) is 0. The molecule has 0 heterocycles. The Kier molecular flexibility index (Phi) is 4.49. The van der Waals surface area contributed by atoms with Crippen LogP contribution in [-0.2, 0) is 0 Å². The van der Waals surface area contributed by atoms with Crippen LogP contribution in [0, 0.1) is 13.8 Å². The van der Waals surface area contributed by atoms with Gasteiger partial charge in [-0.3, -0.25) is 4.79 Å². The lowest BCUT2D eigenvalue weighted by atomic mass is 10.0. The first-order chi connectivity index (χ1) is 8.91. The van der Waals surface area contributed by atoms with Gasteiger partial charge in [-0.15, -0.1) is 0 Å². The van der Waals surface area contributed by atoms with Crippen LogP contribution in [-0.4, -0.2) is 5.78 Å². The van der Waals surface area contributed by atoms with Gasteiger partial charge in [0.05, 0.1) is 5.02 Å². The summed E-state index contributed by atoms with van der Waals surface area (Å²) in [5.41, 5.74) is 3.09. The Balaban J connectivity index is 2.56. The molecule has 0 fully saturated rings. The molecular formula is C15H11Br2ClO. The summed E-state index contributed by atoms with van der Waals surface area (Å²) in [6.45, 7) is 3.86. The molecule has 0 saturated heterocycles. The number of halogens is 3. The summed E-state index contributed by atoms with van der Waals surface area (Å²) in [4.78, 5) is 12.6. The highest BCUT2D eigenvalue weighted by Crippen LogP contribution is 2.30. The lowest BCUT2D eigenvalue weighted by Crippen LogP contribution is -2.04. The Morgan fingerprint density at radius 3 is 2.37 bits per heavy atom. The Labute approximate surface area is 134 Å². The maximum Gasteiger partial charge on any atom is 0.195 e. The van der Waals surface area contributed by atoms with E-state index in [4.69, 9.17) is 11.6 Å². The first kappa shape index (κ1) is 14.8. The van der Waals surface area contributed by atoms with E-state index in [1.54, 1.807) is 6.07 Å². The second-order valence-electron chi connectivity index (χ2n) is 4.35. The van der Waals surface area contributed by atoms with Crippen LogP contribution in [0.25, 0.3) is 0 Å². The number of rotatable bonds is 2. The molecule has 0 saturated carbocycles. The third kappa shape index (κ3) is 2.93. The van der Waals surface area contributed by atoms with E-state index in [1.807, 2.05) is 38.1 Å². The minimum absolute atomic E-state index is 0.0822. The van der Waals surface area contributed by atoms with E-state index in [9.17, 15) is 4.79 Å².